The van der Waals surface area contributed by atoms with Crippen molar-refractivity contribution < 1.29 is 18.3 Å². The SMILES string of the molecule is CN=C(NCCc1ccc(OC)c(OC(F)F)c1)NCCc1cccs1.I. The van der Waals surface area contributed by atoms with Crippen LogP contribution >= 0.6 is 35.3 Å². The minimum Gasteiger partial charge on any atom is -0.493 e. The van der Waals surface area contributed by atoms with Gasteiger partial charge in [0.1, 0.15) is 0 Å². The highest BCUT2D eigenvalue weighted by Crippen LogP contribution is 2.29. The summed E-state index contributed by atoms with van der Waals surface area (Å²) in [6.45, 7) is -1.49. The van der Waals surface area contributed by atoms with Crippen molar-refractivity contribution >= 4 is 41.3 Å². The molecule has 2 aromatic rings. The normalized spacial score (nSPS) is 11.1. The Morgan fingerprint density at radius 1 is 1.15 bits per heavy atom. The molecule has 0 bridgehead atoms. The molecule has 9 heteroatoms. The number of hydrogen-bond acceptors (Lipinski definition) is 4. The Kier molecular flexibility index (Phi) is 11.0. The highest BCUT2D eigenvalue weighted by molar-refractivity contribution is 14.0. The summed E-state index contributed by atoms with van der Waals surface area (Å²) in [6, 6.07) is 9.16. The van der Waals surface area contributed by atoms with Crippen LogP contribution < -0.4 is 20.1 Å². The number of guanidine groups is 1. The van der Waals surface area contributed by atoms with Gasteiger partial charge in [-0.05, 0) is 42.0 Å². The van der Waals surface area contributed by atoms with Crippen LogP contribution in [0.4, 0.5) is 8.78 Å². The van der Waals surface area contributed by atoms with Crippen molar-refractivity contribution in [3.63, 3.8) is 0 Å². The first-order valence-corrected chi connectivity index (χ1v) is 9.09. The third-order valence-electron chi connectivity index (χ3n) is 3.62. The number of nitrogens with one attached hydrogen (secondary N) is 2. The zero-order chi connectivity index (χ0) is 18.8. The summed E-state index contributed by atoms with van der Waals surface area (Å²) in [5.41, 5.74) is 0.864. The minimum absolute atomic E-state index is 0. The number of halogens is 3. The molecule has 2 rings (SSSR count). The van der Waals surface area contributed by atoms with Gasteiger partial charge in [-0.2, -0.15) is 8.78 Å². The molecule has 1 aromatic carbocycles. The summed E-state index contributed by atoms with van der Waals surface area (Å²) in [4.78, 5) is 5.49. The topological polar surface area (TPSA) is 54.9 Å². The first kappa shape index (κ1) is 23.4. The van der Waals surface area contributed by atoms with Crippen LogP contribution in [0.2, 0.25) is 0 Å². The zero-order valence-electron chi connectivity index (χ0n) is 15.2. The highest BCUT2D eigenvalue weighted by Gasteiger charge is 2.11. The van der Waals surface area contributed by atoms with Crippen LogP contribution in [0.5, 0.6) is 11.5 Å². The van der Waals surface area contributed by atoms with Gasteiger partial charge in [0.25, 0.3) is 0 Å². The molecular formula is C18H24F2IN3O2S. The number of methoxy groups -OCH3 is 1. The zero-order valence-corrected chi connectivity index (χ0v) is 18.4. The van der Waals surface area contributed by atoms with E-state index in [2.05, 4.69) is 31.8 Å². The van der Waals surface area contributed by atoms with E-state index in [1.807, 2.05) is 12.1 Å². The van der Waals surface area contributed by atoms with Gasteiger partial charge >= 0.3 is 6.61 Å². The fraction of sp³-hybridized carbons (Fsp3) is 0.389. The maximum atomic E-state index is 12.5. The Hall–Kier alpha value is -1.62. The third kappa shape index (κ3) is 8.29. The molecular weight excluding hydrogens is 487 g/mol. The molecule has 0 saturated heterocycles. The number of benzene rings is 1. The van der Waals surface area contributed by atoms with Crippen LogP contribution in [0.3, 0.4) is 0 Å². The first-order chi connectivity index (χ1) is 12.6. The lowest BCUT2D eigenvalue weighted by molar-refractivity contribution is -0.0512. The summed E-state index contributed by atoms with van der Waals surface area (Å²) >= 11 is 1.73. The molecule has 1 heterocycles. The predicted molar refractivity (Wildman–Crippen MR) is 116 cm³/mol. The van der Waals surface area contributed by atoms with Gasteiger partial charge < -0.3 is 20.1 Å². The van der Waals surface area contributed by atoms with Gasteiger partial charge in [-0.1, -0.05) is 12.1 Å². The second-order valence-corrected chi connectivity index (χ2v) is 6.40. The molecule has 150 valence electrons. The van der Waals surface area contributed by atoms with Gasteiger partial charge in [0, 0.05) is 25.0 Å². The molecule has 5 nitrogen and oxygen atoms in total. The van der Waals surface area contributed by atoms with Gasteiger partial charge in [0.2, 0.25) is 0 Å². The van der Waals surface area contributed by atoms with Gasteiger partial charge in [-0.15, -0.1) is 35.3 Å². The van der Waals surface area contributed by atoms with Crippen molar-refractivity contribution in [3.8, 4) is 11.5 Å². The molecule has 0 amide bonds. The molecule has 0 unspecified atom stereocenters. The monoisotopic (exact) mass is 511 g/mol. The summed E-state index contributed by atoms with van der Waals surface area (Å²) in [5, 5.41) is 8.52. The van der Waals surface area contributed by atoms with E-state index in [-0.39, 0.29) is 35.5 Å². The number of nitrogens with zero attached hydrogens (tertiary/aromatic N) is 1. The van der Waals surface area contributed by atoms with Crippen molar-refractivity contribution in [2.45, 2.75) is 19.5 Å². The summed E-state index contributed by atoms with van der Waals surface area (Å²) in [5.74, 6) is 1.03. The molecule has 0 aliphatic rings. The Morgan fingerprint density at radius 3 is 2.48 bits per heavy atom. The molecule has 0 saturated carbocycles. The van der Waals surface area contributed by atoms with Crippen LogP contribution in [0, 0.1) is 0 Å². The quantitative estimate of drug-likeness (QED) is 0.305. The van der Waals surface area contributed by atoms with Crippen molar-refractivity contribution in [2.24, 2.45) is 4.99 Å². The molecule has 1 aromatic heterocycles. The molecule has 0 atom stereocenters. The fourth-order valence-electron chi connectivity index (χ4n) is 2.37. The van der Waals surface area contributed by atoms with Crippen molar-refractivity contribution in [1.82, 2.24) is 10.6 Å². The van der Waals surface area contributed by atoms with E-state index in [4.69, 9.17) is 4.74 Å². The number of alkyl halides is 2. The Labute approximate surface area is 179 Å². The molecule has 0 aliphatic carbocycles. The summed E-state index contributed by atoms with van der Waals surface area (Å²) in [7, 11) is 3.13. The molecule has 0 aliphatic heterocycles. The van der Waals surface area contributed by atoms with E-state index in [1.54, 1.807) is 30.5 Å². The second-order valence-electron chi connectivity index (χ2n) is 5.37. The molecule has 0 spiro atoms. The van der Waals surface area contributed by atoms with Crippen molar-refractivity contribution in [2.75, 3.05) is 27.2 Å². The lowest BCUT2D eigenvalue weighted by atomic mass is 10.1. The average Bonchev–Trinajstić information content (AvgIpc) is 3.13. The maximum absolute atomic E-state index is 12.5. The number of hydrogen-bond donors (Lipinski definition) is 2. The molecule has 0 radical (unpaired) electrons. The first-order valence-electron chi connectivity index (χ1n) is 8.21. The van der Waals surface area contributed by atoms with Gasteiger partial charge in [-0.3, -0.25) is 4.99 Å². The fourth-order valence-corrected chi connectivity index (χ4v) is 3.08. The van der Waals surface area contributed by atoms with Crippen LogP contribution in [0.1, 0.15) is 10.4 Å². The second kappa shape index (κ2) is 12.7. The van der Waals surface area contributed by atoms with Crippen LogP contribution in [0.25, 0.3) is 0 Å². The molecule has 0 fully saturated rings. The van der Waals surface area contributed by atoms with Crippen molar-refractivity contribution in [1.29, 1.82) is 0 Å². The van der Waals surface area contributed by atoms with E-state index in [0.29, 0.717) is 18.9 Å². The number of aliphatic imine (C=N–C) groups is 1. The lowest BCUT2D eigenvalue weighted by Gasteiger charge is -2.13. The van der Waals surface area contributed by atoms with Crippen LogP contribution in [-0.2, 0) is 12.8 Å². The van der Waals surface area contributed by atoms with Gasteiger partial charge in [-0.25, -0.2) is 0 Å². The lowest BCUT2D eigenvalue weighted by Crippen LogP contribution is -2.39. The Bertz CT molecular complexity index is 700. The van der Waals surface area contributed by atoms with E-state index < -0.39 is 6.61 Å². The Morgan fingerprint density at radius 2 is 1.89 bits per heavy atom. The van der Waals surface area contributed by atoms with Crippen molar-refractivity contribution in [3.05, 3.63) is 46.2 Å². The highest BCUT2D eigenvalue weighted by atomic mass is 127. The minimum atomic E-state index is -2.89. The number of thiophene rings is 1. The Balaban J connectivity index is 0.00000364. The smallest absolute Gasteiger partial charge is 0.387 e. The largest absolute Gasteiger partial charge is 0.493 e. The van der Waals surface area contributed by atoms with Crippen LogP contribution in [0.15, 0.2) is 40.7 Å². The molecule has 27 heavy (non-hydrogen) atoms. The van der Waals surface area contributed by atoms with E-state index in [1.165, 1.54) is 12.0 Å². The van der Waals surface area contributed by atoms with E-state index in [0.717, 1.165) is 18.5 Å². The van der Waals surface area contributed by atoms with E-state index >= 15 is 0 Å². The standard InChI is InChI=1S/C18H23F2N3O2S.HI/c1-21-18(23-10-8-14-4-3-11-26-14)22-9-7-13-5-6-15(24-2)16(12-13)25-17(19)20;/h3-6,11-12,17H,7-10H2,1-2H3,(H2,21,22,23);1H. The number of rotatable bonds is 9. The molecule has 2 N–H and O–H groups in total. The predicted octanol–water partition coefficient (Wildman–Crippen LogP) is 3.93. The summed E-state index contributed by atoms with van der Waals surface area (Å²) < 4.78 is 34.5. The third-order valence-corrected chi connectivity index (χ3v) is 4.55. The van der Waals surface area contributed by atoms with Gasteiger partial charge in [0.05, 0.1) is 7.11 Å². The number of ether oxygens (including phenoxy) is 2. The summed E-state index contributed by atoms with van der Waals surface area (Å²) in [6.07, 6.45) is 1.57. The average molecular weight is 511 g/mol. The maximum Gasteiger partial charge on any atom is 0.387 e. The van der Waals surface area contributed by atoms with Crippen LogP contribution in [-0.4, -0.2) is 39.8 Å². The van der Waals surface area contributed by atoms with E-state index in [9.17, 15) is 8.78 Å². The van der Waals surface area contributed by atoms with Gasteiger partial charge in [0.15, 0.2) is 17.5 Å².